The second kappa shape index (κ2) is 7.43. The molecule has 84 valence electrons. The first-order valence-electron chi connectivity index (χ1n) is 6.13. The van der Waals surface area contributed by atoms with E-state index in [1.807, 2.05) is 7.11 Å². The molecule has 14 heavy (non-hydrogen) atoms. The maximum atomic E-state index is 5.59. The van der Waals surface area contributed by atoms with Crippen molar-refractivity contribution in [1.29, 1.82) is 0 Å². The molecule has 0 bridgehead atoms. The third-order valence-electron chi connectivity index (χ3n) is 3.21. The van der Waals surface area contributed by atoms with Crippen LogP contribution in [0.3, 0.4) is 0 Å². The molecule has 1 saturated carbocycles. The molecule has 0 amide bonds. The molecule has 0 aromatic heterocycles. The highest BCUT2D eigenvalue weighted by atomic mass is 28.3. The molecule has 0 aromatic rings. The van der Waals surface area contributed by atoms with Gasteiger partial charge in [0.05, 0.1) is 0 Å². The Morgan fingerprint density at radius 3 is 2.64 bits per heavy atom. The molecule has 1 N–H and O–H groups in total. The number of rotatable bonds is 7. The van der Waals surface area contributed by atoms with Crippen LogP contribution in [0.25, 0.3) is 0 Å². The fourth-order valence-corrected chi connectivity index (χ4v) is 4.38. The van der Waals surface area contributed by atoms with E-state index in [1.165, 1.54) is 44.6 Å². The SMILES string of the molecule is CCCCN[SiH](CC1CCCC1)OC. The molecule has 1 atom stereocenters. The molecule has 1 aliphatic carbocycles. The van der Waals surface area contributed by atoms with Crippen LogP contribution in [0.15, 0.2) is 0 Å². The van der Waals surface area contributed by atoms with Crippen LogP contribution in [-0.4, -0.2) is 22.9 Å². The van der Waals surface area contributed by atoms with E-state index in [-0.39, 0.29) is 0 Å². The monoisotopic (exact) mass is 215 g/mol. The first-order valence-corrected chi connectivity index (χ1v) is 7.99. The second-order valence-electron chi connectivity index (χ2n) is 4.42. The third-order valence-corrected chi connectivity index (χ3v) is 5.62. The Labute approximate surface area is 90.2 Å². The van der Waals surface area contributed by atoms with Gasteiger partial charge in [0.15, 0.2) is 0 Å². The van der Waals surface area contributed by atoms with E-state index < -0.39 is 9.20 Å². The van der Waals surface area contributed by atoms with Gasteiger partial charge in [-0.25, -0.2) is 0 Å². The van der Waals surface area contributed by atoms with Crippen molar-refractivity contribution in [3.05, 3.63) is 0 Å². The molecular formula is C11H25NOSi. The van der Waals surface area contributed by atoms with Crippen molar-refractivity contribution in [2.24, 2.45) is 5.92 Å². The van der Waals surface area contributed by atoms with E-state index in [4.69, 9.17) is 4.43 Å². The molecule has 3 heteroatoms. The van der Waals surface area contributed by atoms with Crippen molar-refractivity contribution >= 4 is 9.20 Å². The lowest BCUT2D eigenvalue weighted by Gasteiger charge is -2.18. The largest absolute Gasteiger partial charge is 0.409 e. The zero-order valence-corrected chi connectivity index (χ0v) is 10.9. The van der Waals surface area contributed by atoms with Gasteiger partial charge < -0.3 is 9.41 Å². The zero-order valence-electron chi connectivity index (χ0n) is 9.72. The van der Waals surface area contributed by atoms with Crippen LogP contribution in [0, 0.1) is 5.92 Å². The summed E-state index contributed by atoms with van der Waals surface area (Å²) < 4.78 is 5.59. The lowest BCUT2D eigenvalue weighted by Crippen LogP contribution is -2.38. The minimum Gasteiger partial charge on any atom is -0.409 e. The summed E-state index contributed by atoms with van der Waals surface area (Å²) in [5, 5.41) is 0. The third kappa shape index (κ3) is 4.58. The van der Waals surface area contributed by atoms with Gasteiger partial charge in [0.2, 0.25) is 0 Å². The molecule has 1 aliphatic rings. The highest BCUT2D eigenvalue weighted by Gasteiger charge is 2.20. The number of unbranched alkanes of at least 4 members (excludes halogenated alkanes) is 1. The van der Waals surface area contributed by atoms with E-state index in [1.54, 1.807) is 0 Å². The predicted molar refractivity (Wildman–Crippen MR) is 63.8 cm³/mol. The average Bonchev–Trinajstić information content (AvgIpc) is 2.69. The molecule has 1 unspecified atom stereocenters. The van der Waals surface area contributed by atoms with Gasteiger partial charge in [-0.1, -0.05) is 39.0 Å². The van der Waals surface area contributed by atoms with Crippen molar-refractivity contribution < 1.29 is 4.43 Å². The average molecular weight is 215 g/mol. The quantitative estimate of drug-likeness (QED) is 0.520. The van der Waals surface area contributed by atoms with Gasteiger partial charge in [-0.05, 0) is 24.9 Å². The van der Waals surface area contributed by atoms with Gasteiger partial charge in [-0.15, -0.1) is 0 Å². The van der Waals surface area contributed by atoms with Crippen LogP contribution in [0.5, 0.6) is 0 Å². The first-order chi connectivity index (χ1) is 6.86. The van der Waals surface area contributed by atoms with Gasteiger partial charge in [-0.2, -0.15) is 0 Å². The van der Waals surface area contributed by atoms with E-state index in [2.05, 4.69) is 11.9 Å². The summed E-state index contributed by atoms with van der Waals surface area (Å²) in [7, 11) is 0.832. The molecule has 1 rings (SSSR count). The number of nitrogens with one attached hydrogen (secondary N) is 1. The van der Waals surface area contributed by atoms with Crippen LogP contribution in [0.1, 0.15) is 45.4 Å². The summed E-state index contributed by atoms with van der Waals surface area (Å²) in [6.45, 7) is 3.40. The Kier molecular flexibility index (Phi) is 6.48. The molecule has 1 fully saturated rings. The van der Waals surface area contributed by atoms with Crippen molar-refractivity contribution in [1.82, 2.24) is 4.98 Å². The smallest absolute Gasteiger partial charge is 0.252 e. The summed E-state index contributed by atoms with van der Waals surface area (Å²) in [5.74, 6) is 0.973. The maximum absolute atomic E-state index is 5.59. The van der Waals surface area contributed by atoms with Crippen LogP contribution in [0.2, 0.25) is 6.04 Å². The Balaban J connectivity index is 2.10. The van der Waals surface area contributed by atoms with Crippen LogP contribution < -0.4 is 4.98 Å². The maximum Gasteiger partial charge on any atom is 0.252 e. The van der Waals surface area contributed by atoms with Crippen LogP contribution in [0.4, 0.5) is 0 Å². The predicted octanol–water partition coefficient (Wildman–Crippen LogP) is 2.43. The Bertz CT molecular complexity index is 137. The molecule has 0 radical (unpaired) electrons. The Hall–Kier alpha value is 0.137. The van der Waals surface area contributed by atoms with E-state index >= 15 is 0 Å². The molecule has 0 spiro atoms. The number of hydrogen-bond acceptors (Lipinski definition) is 2. The van der Waals surface area contributed by atoms with Gasteiger partial charge in [0.1, 0.15) is 0 Å². The highest BCUT2D eigenvalue weighted by Crippen LogP contribution is 2.28. The standard InChI is InChI=1S/C11H25NOSi/c1-3-4-9-12-14(13-2)10-11-7-5-6-8-11/h11-12,14H,3-10H2,1-2H3. The number of hydrogen-bond donors (Lipinski definition) is 1. The minimum atomic E-state index is -1.05. The normalized spacial score (nSPS) is 20.1. The second-order valence-corrected chi connectivity index (χ2v) is 6.75. The summed E-state index contributed by atoms with van der Waals surface area (Å²) in [4.78, 5) is 3.61. The Morgan fingerprint density at radius 2 is 2.07 bits per heavy atom. The fraction of sp³-hybridized carbons (Fsp3) is 1.00. The lowest BCUT2D eigenvalue weighted by molar-refractivity contribution is 0.392. The van der Waals surface area contributed by atoms with Gasteiger partial charge in [-0.3, -0.25) is 0 Å². The Morgan fingerprint density at radius 1 is 1.36 bits per heavy atom. The lowest BCUT2D eigenvalue weighted by atomic mass is 10.1. The van der Waals surface area contributed by atoms with E-state index in [0.29, 0.717) is 0 Å². The van der Waals surface area contributed by atoms with Crippen LogP contribution >= 0.6 is 0 Å². The molecule has 0 heterocycles. The molecular weight excluding hydrogens is 190 g/mol. The summed E-state index contributed by atoms with van der Waals surface area (Å²) >= 11 is 0. The fourth-order valence-electron chi connectivity index (χ4n) is 2.25. The van der Waals surface area contributed by atoms with Crippen molar-refractivity contribution in [3.8, 4) is 0 Å². The summed E-state index contributed by atoms with van der Waals surface area (Å²) in [6, 6.07) is 1.35. The van der Waals surface area contributed by atoms with E-state index in [9.17, 15) is 0 Å². The summed E-state index contributed by atoms with van der Waals surface area (Å²) in [5.41, 5.74) is 0. The molecule has 0 aliphatic heterocycles. The van der Waals surface area contributed by atoms with Crippen molar-refractivity contribution in [2.45, 2.75) is 51.5 Å². The topological polar surface area (TPSA) is 21.3 Å². The van der Waals surface area contributed by atoms with Gasteiger partial charge >= 0.3 is 0 Å². The van der Waals surface area contributed by atoms with Gasteiger partial charge in [0, 0.05) is 7.11 Å². The highest BCUT2D eigenvalue weighted by molar-refractivity contribution is 6.48. The molecule has 2 nitrogen and oxygen atoms in total. The summed E-state index contributed by atoms with van der Waals surface area (Å²) in [6.07, 6.45) is 8.36. The van der Waals surface area contributed by atoms with Gasteiger partial charge in [0.25, 0.3) is 9.20 Å². The van der Waals surface area contributed by atoms with Crippen molar-refractivity contribution in [2.75, 3.05) is 13.7 Å². The van der Waals surface area contributed by atoms with Crippen LogP contribution in [-0.2, 0) is 4.43 Å². The molecule has 0 saturated heterocycles. The van der Waals surface area contributed by atoms with Crippen molar-refractivity contribution in [3.63, 3.8) is 0 Å². The zero-order chi connectivity index (χ0) is 10.2. The van der Waals surface area contributed by atoms with E-state index in [0.717, 1.165) is 12.5 Å². The minimum absolute atomic E-state index is 0.973. The molecule has 0 aromatic carbocycles. The first kappa shape index (κ1) is 12.2.